The summed E-state index contributed by atoms with van der Waals surface area (Å²) < 4.78 is 48.7. The fourth-order valence-electron chi connectivity index (χ4n) is 2.88. The van der Waals surface area contributed by atoms with E-state index in [1.165, 1.54) is 0 Å². The third-order valence-corrected chi connectivity index (χ3v) is 4.78. The van der Waals surface area contributed by atoms with Crippen molar-refractivity contribution >= 4 is 41.5 Å². The highest BCUT2D eigenvalue weighted by atomic mass is 127. The predicted octanol–water partition coefficient (Wildman–Crippen LogP) is 3.09. The molecule has 1 aliphatic rings. The maximum absolute atomic E-state index is 12.6. The van der Waals surface area contributed by atoms with Gasteiger partial charge in [0.05, 0.1) is 25.3 Å². The molecule has 0 aliphatic carbocycles. The molecule has 1 aromatic rings. The SMILES string of the molecule is CCNC(=NCC1(CCO)CCOC1)NCCOc1ncc(C(F)(F)F)cc1Cl.I. The number of rotatable bonds is 9. The second kappa shape index (κ2) is 12.7. The summed E-state index contributed by atoms with van der Waals surface area (Å²) in [6.07, 6.45) is -2.36. The minimum Gasteiger partial charge on any atom is -0.475 e. The van der Waals surface area contributed by atoms with E-state index in [0.29, 0.717) is 51.4 Å². The van der Waals surface area contributed by atoms with Crippen molar-refractivity contribution in [3.63, 3.8) is 0 Å². The molecule has 172 valence electrons. The lowest BCUT2D eigenvalue weighted by Crippen LogP contribution is -2.40. The molecule has 1 atom stereocenters. The van der Waals surface area contributed by atoms with Crippen molar-refractivity contribution in [2.24, 2.45) is 10.4 Å². The summed E-state index contributed by atoms with van der Waals surface area (Å²) in [5, 5.41) is 15.3. The van der Waals surface area contributed by atoms with Gasteiger partial charge in [0.15, 0.2) is 5.96 Å². The largest absolute Gasteiger partial charge is 0.475 e. The highest BCUT2D eigenvalue weighted by molar-refractivity contribution is 14.0. The third-order valence-electron chi connectivity index (χ3n) is 4.51. The van der Waals surface area contributed by atoms with Crippen LogP contribution >= 0.6 is 35.6 Å². The van der Waals surface area contributed by atoms with E-state index in [2.05, 4.69) is 20.6 Å². The van der Waals surface area contributed by atoms with E-state index in [9.17, 15) is 18.3 Å². The van der Waals surface area contributed by atoms with Gasteiger partial charge in [0.2, 0.25) is 5.88 Å². The number of hydrogen-bond donors (Lipinski definition) is 3. The van der Waals surface area contributed by atoms with E-state index in [-0.39, 0.29) is 53.5 Å². The standard InChI is InChI=1S/C18H26ClF3N4O3.HI/c1-2-23-16(26-11-17(3-6-27)4-7-28-12-17)24-5-8-29-15-14(19)9-13(10-25-15)18(20,21)22;/h9-10,27H,2-8,11-12H2,1H3,(H2,23,24,26);1H. The van der Waals surface area contributed by atoms with Crippen LogP contribution in [-0.2, 0) is 10.9 Å². The van der Waals surface area contributed by atoms with Crippen molar-refractivity contribution in [1.29, 1.82) is 0 Å². The minimum atomic E-state index is -4.51. The normalized spacial score (nSPS) is 19.3. The Morgan fingerprint density at radius 2 is 2.20 bits per heavy atom. The number of aromatic nitrogens is 1. The number of guanidine groups is 1. The van der Waals surface area contributed by atoms with Crippen LogP contribution in [0.5, 0.6) is 5.88 Å². The number of alkyl halides is 3. The molecule has 2 rings (SSSR count). The lowest BCUT2D eigenvalue weighted by molar-refractivity contribution is -0.137. The average molecular weight is 567 g/mol. The van der Waals surface area contributed by atoms with Crippen molar-refractivity contribution in [1.82, 2.24) is 15.6 Å². The highest BCUT2D eigenvalue weighted by Crippen LogP contribution is 2.33. The Hall–Kier alpha value is -1.05. The van der Waals surface area contributed by atoms with Gasteiger partial charge in [-0.05, 0) is 25.8 Å². The molecule has 0 amide bonds. The van der Waals surface area contributed by atoms with Gasteiger partial charge in [0, 0.05) is 31.4 Å². The molecule has 1 aromatic heterocycles. The lowest BCUT2D eigenvalue weighted by Gasteiger charge is -2.24. The summed E-state index contributed by atoms with van der Waals surface area (Å²) in [5.74, 6) is 0.514. The van der Waals surface area contributed by atoms with Gasteiger partial charge in [-0.25, -0.2) is 4.98 Å². The summed E-state index contributed by atoms with van der Waals surface area (Å²) in [7, 11) is 0. The van der Waals surface area contributed by atoms with Gasteiger partial charge < -0.3 is 25.2 Å². The molecule has 1 unspecified atom stereocenters. The van der Waals surface area contributed by atoms with E-state index in [0.717, 1.165) is 12.5 Å². The van der Waals surface area contributed by atoms with E-state index in [1.54, 1.807) is 0 Å². The molecule has 0 radical (unpaired) electrons. The Morgan fingerprint density at radius 3 is 2.77 bits per heavy atom. The molecule has 0 saturated carbocycles. The molecule has 7 nitrogen and oxygen atoms in total. The van der Waals surface area contributed by atoms with Crippen molar-refractivity contribution in [2.45, 2.75) is 25.9 Å². The lowest BCUT2D eigenvalue weighted by atomic mass is 9.84. The first-order chi connectivity index (χ1) is 13.8. The highest BCUT2D eigenvalue weighted by Gasteiger charge is 2.34. The van der Waals surface area contributed by atoms with Crippen molar-refractivity contribution in [3.05, 3.63) is 22.8 Å². The maximum Gasteiger partial charge on any atom is 0.417 e. The Balaban J connectivity index is 0.00000450. The smallest absolute Gasteiger partial charge is 0.417 e. The van der Waals surface area contributed by atoms with Crippen LogP contribution in [0.4, 0.5) is 13.2 Å². The van der Waals surface area contributed by atoms with Gasteiger partial charge in [-0.15, -0.1) is 24.0 Å². The zero-order valence-electron chi connectivity index (χ0n) is 16.6. The van der Waals surface area contributed by atoms with Crippen molar-refractivity contribution in [2.75, 3.05) is 46.1 Å². The number of aliphatic imine (C=N–C) groups is 1. The van der Waals surface area contributed by atoms with Gasteiger partial charge in [0.1, 0.15) is 11.6 Å². The van der Waals surface area contributed by atoms with Gasteiger partial charge in [-0.1, -0.05) is 11.6 Å². The average Bonchev–Trinajstić information content (AvgIpc) is 3.12. The summed E-state index contributed by atoms with van der Waals surface area (Å²) in [5.41, 5.74) is -1.09. The Bertz CT molecular complexity index is 689. The number of ether oxygens (including phenoxy) is 2. The first kappa shape index (κ1) is 27.0. The zero-order valence-corrected chi connectivity index (χ0v) is 19.7. The molecule has 3 N–H and O–H groups in total. The minimum absolute atomic E-state index is 0. The molecule has 12 heteroatoms. The van der Waals surface area contributed by atoms with E-state index >= 15 is 0 Å². The van der Waals surface area contributed by atoms with E-state index < -0.39 is 11.7 Å². The molecule has 0 spiro atoms. The topological polar surface area (TPSA) is 88.0 Å². The van der Waals surface area contributed by atoms with Crippen LogP contribution < -0.4 is 15.4 Å². The summed E-state index contributed by atoms with van der Waals surface area (Å²) in [6, 6.07) is 0.785. The quantitative estimate of drug-likeness (QED) is 0.184. The summed E-state index contributed by atoms with van der Waals surface area (Å²) >= 11 is 5.82. The third kappa shape index (κ3) is 8.23. The first-order valence-corrected chi connectivity index (χ1v) is 9.74. The molecule has 0 bridgehead atoms. The number of hydrogen-bond acceptors (Lipinski definition) is 5. The number of nitrogens with zero attached hydrogens (tertiary/aromatic N) is 2. The second-order valence-corrected chi connectivity index (χ2v) is 7.16. The number of nitrogens with one attached hydrogen (secondary N) is 2. The van der Waals surface area contributed by atoms with Crippen molar-refractivity contribution < 1.29 is 27.8 Å². The molecule has 1 aliphatic heterocycles. The molecule has 1 saturated heterocycles. The van der Waals surface area contributed by atoms with Crippen LogP contribution in [0.2, 0.25) is 5.02 Å². The van der Waals surface area contributed by atoms with Gasteiger partial charge >= 0.3 is 6.18 Å². The number of aliphatic hydroxyl groups excluding tert-OH is 1. The molecule has 1 fully saturated rings. The van der Waals surface area contributed by atoms with Crippen LogP contribution in [0.3, 0.4) is 0 Å². The summed E-state index contributed by atoms with van der Waals surface area (Å²) in [4.78, 5) is 8.20. The van der Waals surface area contributed by atoms with Gasteiger partial charge in [0.25, 0.3) is 0 Å². The van der Waals surface area contributed by atoms with E-state index in [4.69, 9.17) is 21.1 Å². The predicted molar refractivity (Wildman–Crippen MR) is 119 cm³/mol. The number of halogens is 5. The Kier molecular flexibility index (Phi) is 11.4. The second-order valence-electron chi connectivity index (χ2n) is 6.76. The molecular weight excluding hydrogens is 540 g/mol. The number of pyridine rings is 1. The van der Waals surface area contributed by atoms with Crippen LogP contribution in [0, 0.1) is 5.41 Å². The molecule has 2 heterocycles. The summed E-state index contributed by atoms with van der Waals surface area (Å²) in [6.45, 7) is 4.88. The Labute approximate surface area is 195 Å². The van der Waals surface area contributed by atoms with E-state index in [1.807, 2.05) is 6.92 Å². The number of aliphatic hydroxyl groups is 1. The molecular formula is C18H27ClF3IN4O3. The van der Waals surface area contributed by atoms with Crippen molar-refractivity contribution in [3.8, 4) is 5.88 Å². The van der Waals surface area contributed by atoms with Crippen LogP contribution in [0.1, 0.15) is 25.3 Å². The zero-order chi connectivity index (χ0) is 21.3. The monoisotopic (exact) mass is 566 g/mol. The fraction of sp³-hybridized carbons (Fsp3) is 0.667. The molecule has 0 aromatic carbocycles. The van der Waals surface area contributed by atoms with Gasteiger partial charge in [-0.3, -0.25) is 4.99 Å². The molecule has 30 heavy (non-hydrogen) atoms. The maximum atomic E-state index is 12.6. The van der Waals surface area contributed by atoms with Crippen LogP contribution in [0.15, 0.2) is 17.3 Å². The Morgan fingerprint density at radius 1 is 1.43 bits per heavy atom. The fourth-order valence-corrected chi connectivity index (χ4v) is 3.10. The van der Waals surface area contributed by atoms with Gasteiger partial charge in [-0.2, -0.15) is 13.2 Å². The first-order valence-electron chi connectivity index (χ1n) is 9.36. The van der Waals surface area contributed by atoms with Crippen LogP contribution in [0.25, 0.3) is 0 Å². The van der Waals surface area contributed by atoms with Crippen LogP contribution in [-0.4, -0.2) is 62.1 Å².